The molecular weight excluding hydrogens is 392 g/mol. The number of ether oxygens (including phenoxy) is 2. The van der Waals surface area contributed by atoms with Crippen molar-refractivity contribution < 1.29 is 22.7 Å². The largest absolute Gasteiger partial charge is 0.486 e. The Hall–Kier alpha value is -2.58. The van der Waals surface area contributed by atoms with E-state index >= 15 is 0 Å². The lowest BCUT2D eigenvalue weighted by Crippen LogP contribution is -2.43. The molecule has 1 fully saturated rings. The van der Waals surface area contributed by atoms with Crippen LogP contribution in [-0.4, -0.2) is 44.4 Å². The number of hydrogen-bond donors (Lipinski definition) is 1. The number of aryl methyl sites for hydroxylation is 2. The molecule has 1 N–H and O–H groups in total. The van der Waals surface area contributed by atoms with Gasteiger partial charge in [0.2, 0.25) is 15.9 Å². The van der Waals surface area contributed by atoms with Gasteiger partial charge in [-0.3, -0.25) is 4.79 Å². The molecule has 1 saturated heterocycles. The normalized spacial score (nSPS) is 19.2. The number of carbonyl (C=O) groups excluding carboxylic acids is 1. The van der Waals surface area contributed by atoms with Gasteiger partial charge >= 0.3 is 0 Å². The van der Waals surface area contributed by atoms with Gasteiger partial charge in [0.15, 0.2) is 11.5 Å². The Morgan fingerprint density at radius 3 is 2.55 bits per heavy atom. The summed E-state index contributed by atoms with van der Waals surface area (Å²) < 4.78 is 38.7. The topological polar surface area (TPSA) is 84.9 Å². The number of fused-ring (bicyclic) bond motifs is 1. The molecule has 2 aliphatic rings. The average molecular weight is 416 g/mol. The second-order valence-corrected chi connectivity index (χ2v) is 9.26. The first-order chi connectivity index (χ1) is 13.9. The Bertz CT molecular complexity index is 1050. The SMILES string of the molecule is Cc1ccc(NC(=O)C2CCCN2S(=O)(=O)c2ccc3c(c2)OCCO3)cc1C. The van der Waals surface area contributed by atoms with Gasteiger partial charge < -0.3 is 14.8 Å². The van der Waals surface area contributed by atoms with Gasteiger partial charge in [-0.1, -0.05) is 6.07 Å². The number of nitrogens with zero attached hydrogens (tertiary/aromatic N) is 1. The number of amides is 1. The predicted octanol–water partition coefficient (Wildman–Crippen LogP) is 2.87. The first kappa shape index (κ1) is 19.7. The van der Waals surface area contributed by atoms with Crippen LogP contribution in [0.2, 0.25) is 0 Å². The van der Waals surface area contributed by atoms with Crippen LogP contribution < -0.4 is 14.8 Å². The smallest absolute Gasteiger partial charge is 0.243 e. The zero-order valence-electron chi connectivity index (χ0n) is 16.5. The molecule has 1 atom stereocenters. The summed E-state index contributed by atoms with van der Waals surface area (Å²) in [6, 6.07) is 9.48. The van der Waals surface area contributed by atoms with Crippen LogP contribution in [0.5, 0.6) is 11.5 Å². The van der Waals surface area contributed by atoms with Crippen LogP contribution in [0.15, 0.2) is 41.3 Å². The Morgan fingerprint density at radius 1 is 1.03 bits per heavy atom. The average Bonchev–Trinajstić information content (AvgIpc) is 3.21. The van der Waals surface area contributed by atoms with E-state index in [1.54, 1.807) is 6.07 Å². The van der Waals surface area contributed by atoms with Crippen molar-refractivity contribution in [1.82, 2.24) is 4.31 Å². The van der Waals surface area contributed by atoms with Crippen molar-refractivity contribution in [2.75, 3.05) is 25.1 Å². The first-order valence-corrected chi connectivity index (χ1v) is 11.1. The second kappa shape index (κ2) is 7.68. The van der Waals surface area contributed by atoms with Crippen LogP contribution in [0.1, 0.15) is 24.0 Å². The van der Waals surface area contributed by atoms with E-state index in [-0.39, 0.29) is 10.8 Å². The Morgan fingerprint density at radius 2 is 1.79 bits per heavy atom. The van der Waals surface area contributed by atoms with Crippen molar-refractivity contribution in [1.29, 1.82) is 0 Å². The highest BCUT2D eigenvalue weighted by atomic mass is 32.2. The number of benzene rings is 2. The summed E-state index contributed by atoms with van der Waals surface area (Å²) in [6.45, 7) is 5.09. The fourth-order valence-electron chi connectivity index (χ4n) is 3.65. The van der Waals surface area contributed by atoms with Gasteiger partial charge in [-0.15, -0.1) is 0 Å². The van der Waals surface area contributed by atoms with Crippen LogP contribution in [-0.2, 0) is 14.8 Å². The Kier molecular flexibility index (Phi) is 5.23. The second-order valence-electron chi connectivity index (χ2n) is 7.37. The summed E-state index contributed by atoms with van der Waals surface area (Å²) in [5.41, 5.74) is 2.86. The molecule has 0 aromatic heterocycles. The molecule has 0 bridgehead atoms. The van der Waals surface area contributed by atoms with E-state index in [1.165, 1.54) is 16.4 Å². The monoisotopic (exact) mass is 416 g/mol. The molecule has 0 saturated carbocycles. The lowest BCUT2D eigenvalue weighted by molar-refractivity contribution is -0.119. The number of nitrogens with one attached hydrogen (secondary N) is 1. The van der Waals surface area contributed by atoms with Gasteiger partial charge in [-0.25, -0.2) is 8.42 Å². The third-order valence-electron chi connectivity index (χ3n) is 5.40. The molecule has 4 rings (SSSR count). The van der Waals surface area contributed by atoms with Crippen molar-refractivity contribution in [3.63, 3.8) is 0 Å². The molecule has 8 heteroatoms. The molecular formula is C21H24N2O5S. The number of hydrogen-bond acceptors (Lipinski definition) is 5. The quantitative estimate of drug-likeness (QED) is 0.828. The van der Waals surface area contributed by atoms with Gasteiger partial charge in [-0.2, -0.15) is 4.31 Å². The summed E-state index contributed by atoms with van der Waals surface area (Å²) in [5.74, 6) is 0.625. The van der Waals surface area contributed by atoms with Gasteiger partial charge in [0.25, 0.3) is 0 Å². The predicted molar refractivity (Wildman–Crippen MR) is 109 cm³/mol. The first-order valence-electron chi connectivity index (χ1n) is 9.66. The van der Waals surface area contributed by atoms with Crippen LogP contribution in [0.25, 0.3) is 0 Å². The molecule has 2 aromatic rings. The standard InChI is InChI=1S/C21H24N2O5S/c1-14-5-6-16(12-15(14)2)22-21(24)18-4-3-9-23(18)29(25,26)17-7-8-19-20(13-17)28-11-10-27-19/h5-8,12-13,18H,3-4,9-11H2,1-2H3,(H,22,24). The molecule has 154 valence electrons. The third kappa shape index (κ3) is 3.82. The lowest BCUT2D eigenvalue weighted by Gasteiger charge is -2.25. The van der Waals surface area contributed by atoms with Crippen molar-refractivity contribution >= 4 is 21.6 Å². The molecule has 7 nitrogen and oxygen atoms in total. The zero-order valence-corrected chi connectivity index (χ0v) is 17.3. The van der Waals surface area contributed by atoms with Gasteiger partial charge in [0.1, 0.15) is 19.3 Å². The molecule has 0 spiro atoms. The summed E-state index contributed by atoms with van der Waals surface area (Å²) >= 11 is 0. The van der Waals surface area contributed by atoms with E-state index in [9.17, 15) is 13.2 Å². The highest BCUT2D eigenvalue weighted by Crippen LogP contribution is 2.35. The van der Waals surface area contributed by atoms with Gasteiger partial charge in [-0.05, 0) is 62.1 Å². The Balaban J connectivity index is 1.56. The maximum Gasteiger partial charge on any atom is 0.243 e. The van der Waals surface area contributed by atoms with E-state index in [2.05, 4.69) is 5.32 Å². The van der Waals surface area contributed by atoms with E-state index in [1.807, 2.05) is 32.0 Å². The van der Waals surface area contributed by atoms with Crippen LogP contribution in [0, 0.1) is 13.8 Å². The molecule has 1 amide bonds. The number of rotatable bonds is 4. The van der Waals surface area contributed by atoms with Crippen molar-refractivity contribution in [2.45, 2.75) is 37.6 Å². The van der Waals surface area contributed by atoms with Crippen LogP contribution >= 0.6 is 0 Å². The summed E-state index contributed by atoms with van der Waals surface area (Å²) in [7, 11) is -3.84. The van der Waals surface area contributed by atoms with E-state index in [0.29, 0.717) is 49.8 Å². The molecule has 2 aliphatic heterocycles. The molecule has 0 radical (unpaired) electrons. The maximum atomic E-state index is 13.2. The lowest BCUT2D eigenvalue weighted by atomic mass is 10.1. The molecule has 2 heterocycles. The van der Waals surface area contributed by atoms with Gasteiger partial charge in [0, 0.05) is 18.3 Å². The minimum absolute atomic E-state index is 0.104. The van der Waals surface area contributed by atoms with Crippen molar-refractivity contribution in [3.8, 4) is 11.5 Å². The number of anilines is 1. The molecule has 2 aromatic carbocycles. The summed E-state index contributed by atoms with van der Waals surface area (Å²) in [4.78, 5) is 13.0. The van der Waals surface area contributed by atoms with Crippen molar-refractivity contribution in [2.24, 2.45) is 0 Å². The Labute approximate surface area is 170 Å². The van der Waals surface area contributed by atoms with E-state index in [0.717, 1.165) is 11.1 Å². The fraction of sp³-hybridized carbons (Fsp3) is 0.381. The minimum atomic E-state index is -3.84. The third-order valence-corrected chi connectivity index (χ3v) is 7.31. The zero-order chi connectivity index (χ0) is 20.6. The van der Waals surface area contributed by atoms with Crippen LogP contribution in [0.3, 0.4) is 0 Å². The highest BCUT2D eigenvalue weighted by Gasteiger charge is 2.40. The van der Waals surface area contributed by atoms with Gasteiger partial charge in [0.05, 0.1) is 4.90 Å². The van der Waals surface area contributed by atoms with E-state index in [4.69, 9.17) is 9.47 Å². The maximum absolute atomic E-state index is 13.2. The number of carbonyl (C=O) groups is 1. The molecule has 1 unspecified atom stereocenters. The number of sulfonamides is 1. The molecule has 0 aliphatic carbocycles. The summed E-state index contributed by atoms with van der Waals surface area (Å²) in [6.07, 6.45) is 1.12. The highest BCUT2D eigenvalue weighted by molar-refractivity contribution is 7.89. The van der Waals surface area contributed by atoms with Crippen molar-refractivity contribution in [3.05, 3.63) is 47.5 Å². The molecule has 29 heavy (non-hydrogen) atoms. The summed E-state index contributed by atoms with van der Waals surface area (Å²) in [5, 5.41) is 2.87. The van der Waals surface area contributed by atoms with Crippen LogP contribution in [0.4, 0.5) is 5.69 Å². The van der Waals surface area contributed by atoms with E-state index < -0.39 is 16.1 Å². The fourth-order valence-corrected chi connectivity index (χ4v) is 5.33. The minimum Gasteiger partial charge on any atom is -0.486 e.